The Bertz CT molecular complexity index is 661. The van der Waals surface area contributed by atoms with Gasteiger partial charge in [0, 0.05) is 23.8 Å². The highest BCUT2D eigenvalue weighted by atomic mass is 35.5. The summed E-state index contributed by atoms with van der Waals surface area (Å²) in [5.74, 6) is 0. The zero-order valence-corrected chi connectivity index (χ0v) is 11.7. The van der Waals surface area contributed by atoms with Crippen molar-refractivity contribution in [3.05, 3.63) is 64.3 Å². The van der Waals surface area contributed by atoms with Crippen molar-refractivity contribution in [2.75, 3.05) is 5.32 Å². The van der Waals surface area contributed by atoms with E-state index in [1.54, 1.807) is 23.9 Å². The predicted molar refractivity (Wildman–Crippen MR) is 80.2 cm³/mol. The van der Waals surface area contributed by atoms with Gasteiger partial charge in [0.25, 0.3) is 0 Å². The number of halogens is 1. The second kappa shape index (κ2) is 5.47. The summed E-state index contributed by atoms with van der Waals surface area (Å²) in [6.45, 7) is 0.767. The highest BCUT2D eigenvalue weighted by Crippen LogP contribution is 2.24. The number of hydrogen-bond donors (Lipinski definition) is 1. The summed E-state index contributed by atoms with van der Waals surface area (Å²) in [5.41, 5.74) is 2.16. The molecule has 19 heavy (non-hydrogen) atoms. The zero-order chi connectivity index (χ0) is 13.1. The average Bonchev–Trinajstić information content (AvgIpc) is 3.08. The van der Waals surface area contributed by atoms with E-state index in [1.807, 2.05) is 35.0 Å². The maximum absolute atomic E-state index is 5.93. The SMILES string of the molecule is Clc1ccc(CNc2ccccc2-n2ccnc2)s1. The van der Waals surface area contributed by atoms with Crippen molar-refractivity contribution in [3.8, 4) is 5.69 Å². The number of rotatable bonds is 4. The molecule has 0 radical (unpaired) electrons. The van der Waals surface area contributed by atoms with Crippen molar-refractivity contribution in [1.29, 1.82) is 0 Å². The summed E-state index contributed by atoms with van der Waals surface area (Å²) in [7, 11) is 0. The maximum Gasteiger partial charge on any atom is 0.0992 e. The van der Waals surface area contributed by atoms with Gasteiger partial charge in [0.05, 0.1) is 22.0 Å². The van der Waals surface area contributed by atoms with Gasteiger partial charge >= 0.3 is 0 Å². The summed E-state index contributed by atoms with van der Waals surface area (Å²) < 4.78 is 2.81. The van der Waals surface area contributed by atoms with Crippen molar-refractivity contribution in [2.45, 2.75) is 6.54 Å². The van der Waals surface area contributed by atoms with Crippen LogP contribution in [-0.2, 0) is 6.54 Å². The van der Waals surface area contributed by atoms with Crippen molar-refractivity contribution >= 4 is 28.6 Å². The second-order valence-corrected chi connectivity index (χ2v) is 5.85. The van der Waals surface area contributed by atoms with Gasteiger partial charge in [-0.05, 0) is 24.3 Å². The van der Waals surface area contributed by atoms with E-state index in [1.165, 1.54) is 4.88 Å². The molecule has 0 aliphatic carbocycles. The number of thiophene rings is 1. The second-order valence-electron chi connectivity index (χ2n) is 4.05. The van der Waals surface area contributed by atoms with Crippen LogP contribution in [0.1, 0.15) is 4.88 Å². The van der Waals surface area contributed by atoms with Gasteiger partial charge in [0.15, 0.2) is 0 Å². The molecule has 3 nitrogen and oxygen atoms in total. The van der Waals surface area contributed by atoms with Crippen LogP contribution in [0.5, 0.6) is 0 Å². The van der Waals surface area contributed by atoms with E-state index in [0.29, 0.717) is 0 Å². The Morgan fingerprint density at radius 1 is 1.21 bits per heavy atom. The molecule has 3 rings (SSSR count). The number of para-hydroxylation sites is 2. The quantitative estimate of drug-likeness (QED) is 0.780. The number of imidazole rings is 1. The van der Waals surface area contributed by atoms with Crippen LogP contribution < -0.4 is 5.32 Å². The van der Waals surface area contributed by atoms with Crippen LogP contribution in [0.25, 0.3) is 5.69 Å². The highest BCUT2D eigenvalue weighted by Gasteiger charge is 2.04. The summed E-state index contributed by atoms with van der Waals surface area (Å²) in [4.78, 5) is 5.29. The maximum atomic E-state index is 5.93. The van der Waals surface area contributed by atoms with Gasteiger partial charge in [-0.3, -0.25) is 0 Å². The molecule has 2 heterocycles. The summed E-state index contributed by atoms with van der Waals surface area (Å²) in [5, 5.41) is 3.43. The summed E-state index contributed by atoms with van der Waals surface area (Å²) in [6, 6.07) is 12.1. The number of hydrogen-bond acceptors (Lipinski definition) is 3. The molecule has 0 atom stereocenters. The Labute approximate surface area is 120 Å². The first-order valence-corrected chi connectivity index (χ1v) is 7.08. The van der Waals surface area contributed by atoms with Crippen molar-refractivity contribution in [1.82, 2.24) is 9.55 Å². The number of anilines is 1. The van der Waals surface area contributed by atoms with E-state index < -0.39 is 0 Å². The lowest BCUT2D eigenvalue weighted by Gasteiger charge is -2.11. The van der Waals surface area contributed by atoms with E-state index in [4.69, 9.17) is 11.6 Å². The van der Waals surface area contributed by atoms with Gasteiger partial charge in [-0.2, -0.15) is 0 Å². The average molecular weight is 290 g/mol. The number of nitrogens with one attached hydrogen (secondary N) is 1. The molecular formula is C14H12ClN3S. The summed E-state index contributed by atoms with van der Waals surface area (Å²) >= 11 is 7.53. The molecular weight excluding hydrogens is 278 g/mol. The summed E-state index contributed by atoms with van der Waals surface area (Å²) in [6.07, 6.45) is 5.50. The van der Waals surface area contributed by atoms with E-state index in [0.717, 1.165) is 22.3 Å². The van der Waals surface area contributed by atoms with Crippen LogP contribution in [0.4, 0.5) is 5.69 Å². The van der Waals surface area contributed by atoms with Crippen LogP contribution in [-0.4, -0.2) is 9.55 Å². The van der Waals surface area contributed by atoms with Gasteiger partial charge in [0.1, 0.15) is 0 Å². The fraction of sp³-hybridized carbons (Fsp3) is 0.0714. The molecule has 0 aliphatic heterocycles. The molecule has 96 valence electrons. The molecule has 0 amide bonds. The number of nitrogens with zero attached hydrogens (tertiary/aromatic N) is 2. The number of benzene rings is 1. The van der Waals surface area contributed by atoms with E-state index >= 15 is 0 Å². The van der Waals surface area contributed by atoms with Crippen LogP contribution in [0.3, 0.4) is 0 Å². The molecule has 0 unspecified atom stereocenters. The lowest BCUT2D eigenvalue weighted by molar-refractivity contribution is 1.05. The third-order valence-electron chi connectivity index (χ3n) is 2.77. The lowest BCUT2D eigenvalue weighted by atomic mass is 10.2. The third kappa shape index (κ3) is 2.80. The first-order chi connectivity index (χ1) is 9.33. The molecule has 2 aromatic heterocycles. The molecule has 3 aromatic rings. The Morgan fingerprint density at radius 2 is 2.11 bits per heavy atom. The van der Waals surface area contributed by atoms with Crippen molar-refractivity contribution < 1.29 is 0 Å². The molecule has 0 saturated carbocycles. The largest absolute Gasteiger partial charge is 0.378 e. The Kier molecular flexibility index (Phi) is 3.53. The Morgan fingerprint density at radius 3 is 2.84 bits per heavy atom. The molecule has 0 bridgehead atoms. The van der Waals surface area contributed by atoms with Crippen molar-refractivity contribution in [3.63, 3.8) is 0 Å². The minimum absolute atomic E-state index is 0.767. The predicted octanol–water partition coefficient (Wildman–Crippen LogP) is 4.20. The highest BCUT2D eigenvalue weighted by molar-refractivity contribution is 7.16. The van der Waals surface area contributed by atoms with Crippen molar-refractivity contribution in [2.24, 2.45) is 0 Å². The van der Waals surface area contributed by atoms with Crippen LogP contribution in [0.15, 0.2) is 55.1 Å². The normalized spacial score (nSPS) is 10.6. The number of aromatic nitrogens is 2. The fourth-order valence-corrected chi connectivity index (χ4v) is 2.91. The molecule has 5 heteroatoms. The van der Waals surface area contributed by atoms with Gasteiger partial charge < -0.3 is 9.88 Å². The van der Waals surface area contributed by atoms with Gasteiger partial charge in [-0.1, -0.05) is 23.7 Å². The minimum atomic E-state index is 0.767. The minimum Gasteiger partial charge on any atom is -0.378 e. The smallest absolute Gasteiger partial charge is 0.0992 e. The first-order valence-electron chi connectivity index (χ1n) is 5.88. The van der Waals surface area contributed by atoms with Crippen LogP contribution in [0.2, 0.25) is 4.34 Å². The molecule has 0 spiro atoms. The molecule has 0 aliphatic rings. The monoisotopic (exact) mass is 289 g/mol. The lowest BCUT2D eigenvalue weighted by Crippen LogP contribution is -2.02. The fourth-order valence-electron chi connectivity index (χ4n) is 1.88. The Balaban J connectivity index is 1.81. The van der Waals surface area contributed by atoms with Crippen LogP contribution >= 0.6 is 22.9 Å². The molecule has 0 fully saturated rings. The zero-order valence-electron chi connectivity index (χ0n) is 10.1. The van der Waals surface area contributed by atoms with Gasteiger partial charge in [0.2, 0.25) is 0 Å². The first kappa shape index (κ1) is 12.3. The molecule has 1 N–H and O–H groups in total. The Hall–Kier alpha value is -1.78. The van der Waals surface area contributed by atoms with Crippen LogP contribution in [0, 0.1) is 0 Å². The van der Waals surface area contributed by atoms with E-state index in [2.05, 4.69) is 22.4 Å². The molecule has 0 saturated heterocycles. The van der Waals surface area contributed by atoms with Gasteiger partial charge in [-0.25, -0.2) is 4.98 Å². The van der Waals surface area contributed by atoms with Gasteiger partial charge in [-0.15, -0.1) is 11.3 Å². The van der Waals surface area contributed by atoms with E-state index in [-0.39, 0.29) is 0 Å². The molecule has 1 aromatic carbocycles. The standard InChI is InChI=1S/C14H12ClN3S/c15-14-6-5-11(19-14)9-17-12-3-1-2-4-13(12)18-8-7-16-10-18/h1-8,10,17H,9H2. The topological polar surface area (TPSA) is 29.9 Å². The third-order valence-corrected chi connectivity index (χ3v) is 4.00. The van der Waals surface area contributed by atoms with E-state index in [9.17, 15) is 0 Å².